The predicted octanol–water partition coefficient (Wildman–Crippen LogP) is 0.680. The summed E-state index contributed by atoms with van der Waals surface area (Å²) in [5.41, 5.74) is 0.304. The Morgan fingerprint density at radius 1 is 1.41 bits per heavy atom. The van der Waals surface area contributed by atoms with Crippen molar-refractivity contribution in [3.05, 3.63) is 35.6 Å². The second-order valence-electron chi connectivity index (χ2n) is 3.77. The normalized spacial score (nSPS) is 22.3. The van der Waals surface area contributed by atoms with Crippen LogP contribution in [0.3, 0.4) is 0 Å². The van der Waals surface area contributed by atoms with Crippen LogP contribution in [0.1, 0.15) is 6.92 Å². The molecule has 1 heterocycles. The van der Waals surface area contributed by atoms with E-state index in [9.17, 15) is 14.4 Å². The number of fused-ring (bicyclic) bond motifs is 1. The lowest BCUT2D eigenvalue weighted by Gasteiger charge is -2.16. The van der Waals surface area contributed by atoms with Crippen LogP contribution in [0.5, 0.6) is 0 Å². The quantitative estimate of drug-likeness (QED) is 0.757. The summed E-state index contributed by atoms with van der Waals surface area (Å²) in [7, 11) is 0. The van der Waals surface area contributed by atoms with Gasteiger partial charge in [0.25, 0.3) is 0 Å². The summed E-state index contributed by atoms with van der Waals surface area (Å²) in [5.74, 6) is -2.18. The maximum Gasteiger partial charge on any atom is 0.354 e. The number of carbonyl (C=O) groups is 3. The molecule has 2 aliphatic rings. The van der Waals surface area contributed by atoms with Crippen molar-refractivity contribution >= 4 is 23.2 Å². The fourth-order valence-electron chi connectivity index (χ4n) is 1.64. The van der Waals surface area contributed by atoms with E-state index >= 15 is 0 Å². The zero-order chi connectivity index (χ0) is 12.6. The standard InChI is InChI=1S/C12H9NO4/c1-6(14)7-2-3-9-8(4-7)11(15)5-10(13-9)12(16)17/h2-5,7H,1H3,(H,16,17). The number of hydrogen-bond donors (Lipinski definition) is 1. The van der Waals surface area contributed by atoms with E-state index in [-0.39, 0.29) is 17.1 Å². The second-order valence-corrected chi connectivity index (χ2v) is 3.77. The van der Waals surface area contributed by atoms with Crippen molar-refractivity contribution in [1.29, 1.82) is 0 Å². The van der Waals surface area contributed by atoms with Crippen LogP contribution in [0.15, 0.2) is 40.6 Å². The van der Waals surface area contributed by atoms with Crippen LogP contribution < -0.4 is 0 Å². The molecular weight excluding hydrogens is 222 g/mol. The molecule has 1 N–H and O–H groups in total. The number of nitrogens with zero attached hydrogens (tertiary/aromatic N) is 1. The highest BCUT2D eigenvalue weighted by Gasteiger charge is 2.26. The van der Waals surface area contributed by atoms with Crippen LogP contribution in [0.25, 0.3) is 0 Å². The van der Waals surface area contributed by atoms with Crippen LogP contribution in [0.4, 0.5) is 0 Å². The predicted molar refractivity (Wildman–Crippen MR) is 59.6 cm³/mol. The summed E-state index contributed by atoms with van der Waals surface area (Å²) in [6.07, 6.45) is 5.59. The Morgan fingerprint density at radius 3 is 2.71 bits per heavy atom. The van der Waals surface area contributed by atoms with Gasteiger partial charge in [-0.25, -0.2) is 9.79 Å². The number of rotatable bonds is 2. The number of Topliss-reactive ketones (excluding diaryl/α,β-unsaturated/α-hetero) is 1. The molecular formula is C12H9NO4. The molecule has 1 aliphatic heterocycles. The third-order valence-corrected chi connectivity index (χ3v) is 2.55. The summed E-state index contributed by atoms with van der Waals surface area (Å²) in [6, 6.07) is 0. The Morgan fingerprint density at radius 2 is 2.12 bits per heavy atom. The topological polar surface area (TPSA) is 83.8 Å². The van der Waals surface area contributed by atoms with E-state index in [2.05, 4.69) is 4.99 Å². The Hall–Kier alpha value is -2.30. The van der Waals surface area contributed by atoms with Gasteiger partial charge in [0.2, 0.25) is 0 Å². The molecule has 1 aliphatic carbocycles. The Kier molecular flexibility index (Phi) is 2.59. The van der Waals surface area contributed by atoms with E-state index in [0.717, 1.165) is 6.08 Å². The number of aliphatic imine (C=N–C) groups is 1. The lowest BCUT2D eigenvalue weighted by atomic mass is 9.89. The first-order valence-electron chi connectivity index (χ1n) is 4.98. The van der Waals surface area contributed by atoms with Gasteiger partial charge >= 0.3 is 5.97 Å². The van der Waals surface area contributed by atoms with E-state index < -0.39 is 17.7 Å². The summed E-state index contributed by atoms with van der Waals surface area (Å²) in [4.78, 5) is 37.4. The van der Waals surface area contributed by atoms with Gasteiger partial charge in [-0.15, -0.1) is 0 Å². The molecule has 5 nitrogen and oxygen atoms in total. The van der Waals surface area contributed by atoms with Crippen molar-refractivity contribution in [1.82, 2.24) is 0 Å². The minimum atomic E-state index is -1.24. The van der Waals surface area contributed by atoms with Crippen LogP contribution >= 0.6 is 0 Å². The molecule has 86 valence electrons. The van der Waals surface area contributed by atoms with Crippen LogP contribution in [-0.2, 0) is 14.4 Å². The van der Waals surface area contributed by atoms with Gasteiger partial charge in [-0.05, 0) is 13.0 Å². The number of aliphatic carboxylic acids is 1. The third-order valence-electron chi connectivity index (χ3n) is 2.55. The molecule has 0 spiro atoms. The molecule has 0 bridgehead atoms. The summed E-state index contributed by atoms with van der Waals surface area (Å²) in [6.45, 7) is 1.43. The van der Waals surface area contributed by atoms with Crippen molar-refractivity contribution < 1.29 is 19.5 Å². The van der Waals surface area contributed by atoms with Gasteiger partial charge in [0.1, 0.15) is 5.78 Å². The minimum absolute atomic E-state index is 0.0754. The molecule has 5 heteroatoms. The first kappa shape index (κ1) is 11.2. The van der Waals surface area contributed by atoms with Crippen LogP contribution in [0.2, 0.25) is 0 Å². The first-order chi connectivity index (χ1) is 7.99. The molecule has 0 aromatic rings. The smallest absolute Gasteiger partial charge is 0.354 e. The molecule has 1 atom stereocenters. The van der Waals surface area contributed by atoms with E-state index in [1.165, 1.54) is 19.1 Å². The van der Waals surface area contributed by atoms with Crippen molar-refractivity contribution in [2.75, 3.05) is 0 Å². The van der Waals surface area contributed by atoms with Crippen molar-refractivity contribution in [2.24, 2.45) is 10.9 Å². The fourth-order valence-corrected chi connectivity index (χ4v) is 1.64. The number of carboxylic acids is 1. The molecule has 2 rings (SSSR count). The van der Waals surface area contributed by atoms with E-state index in [0.29, 0.717) is 5.71 Å². The maximum absolute atomic E-state index is 11.7. The minimum Gasteiger partial charge on any atom is -0.477 e. The molecule has 0 saturated heterocycles. The number of allylic oxidation sites excluding steroid dienone is 5. The highest BCUT2D eigenvalue weighted by Crippen LogP contribution is 2.22. The van der Waals surface area contributed by atoms with Gasteiger partial charge in [0.05, 0.1) is 11.6 Å². The van der Waals surface area contributed by atoms with Gasteiger partial charge in [0, 0.05) is 11.6 Å². The van der Waals surface area contributed by atoms with Gasteiger partial charge in [-0.2, -0.15) is 0 Å². The maximum atomic E-state index is 11.7. The van der Waals surface area contributed by atoms with Crippen LogP contribution in [-0.4, -0.2) is 28.4 Å². The lowest BCUT2D eigenvalue weighted by molar-refractivity contribution is -0.133. The van der Waals surface area contributed by atoms with Gasteiger partial charge in [-0.3, -0.25) is 9.59 Å². The van der Waals surface area contributed by atoms with Gasteiger partial charge in [-0.1, -0.05) is 12.2 Å². The average Bonchev–Trinajstić information content (AvgIpc) is 2.28. The zero-order valence-electron chi connectivity index (χ0n) is 9.01. The van der Waals surface area contributed by atoms with Crippen LogP contribution in [0, 0.1) is 5.92 Å². The van der Waals surface area contributed by atoms with E-state index in [1.54, 1.807) is 6.08 Å². The monoisotopic (exact) mass is 231 g/mol. The Bertz CT molecular complexity index is 549. The lowest BCUT2D eigenvalue weighted by Crippen LogP contribution is -2.22. The van der Waals surface area contributed by atoms with Crippen molar-refractivity contribution in [3.8, 4) is 0 Å². The highest BCUT2D eigenvalue weighted by atomic mass is 16.4. The average molecular weight is 231 g/mol. The van der Waals surface area contributed by atoms with Crippen molar-refractivity contribution in [2.45, 2.75) is 6.92 Å². The van der Waals surface area contributed by atoms with Gasteiger partial charge in [0.15, 0.2) is 11.5 Å². The molecule has 0 aromatic heterocycles. The molecule has 0 fully saturated rings. The molecule has 0 aromatic carbocycles. The molecule has 0 radical (unpaired) electrons. The van der Waals surface area contributed by atoms with E-state index in [4.69, 9.17) is 5.11 Å². The molecule has 0 amide bonds. The molecule has 1 unspecified atom stereocenters. The number of carboxylic acid groups (broad SMARTS) is 1. The highest BCUT2D eigenvalue weighted by molar-refractivity contribution is 6.33. The molecule has 0 saturated carbocycles. The third kappa shape index (κ3) is 1.99. The number of ketones is 2. The Balaban J connectivity index is 2.42. The van der Waals surface area contributed by atoms with Crippen molar-refractivity contribution in [3.63, 3.8) is 0 Å². The summed E-state index contributed by atoms with van der Waals surface area (Å²) < 4.78 is 0. The SMILES string of the molecule is CC(=O)C1C=CC2=NC(C(=O)O)=CC(=O)C2=C1. The summed E-state index contributed by atoms with van der Waals surface area (Å²) in [5, 5.41) is 8.76. The zero-order valence-corrected chi connectivity index (χ0v) is 9.01. The van der Waals surface area contributed by atoms with E-state index in [1.807, 2.05) is 0 Å². The van der Waals surface area contributed by atoms with Gasteiger partial charge < -0.3 is 5.11 Å². The number of hydrogen-bond acceptors (Lipinski definition) is 4. The summed E-state index contributed by atoms with van der Waals surface area (Å²) >= 11 is 0. The fraction of sp³-hybridized carbons (Fsp3) is 0.167. The largest absolute Gasteiger partial charge is 0.477 e. The Labute approximate surface area is 96.8 Å². The first-order valence-corrected chi connectivity index (χ1v) is 4.98. The molecule has 17 heavy (non-hydrogen) atoms. The second kappa shape index (κ2) is 3.93. The number of carbonyl (C=O) groups excluding carboxylic acids is 2.